The van der Waals surface area contributed by atoms with Crippen molar-refractivity contribution in [2.45, 2.75) is 39.0 Å². The van der Waals surface area contributed by atoms with Crippen LogP contribution in [0.4, 0.5) is 4.79 Å². The summed E-state index contributed by atoms with van der Waals surface area (Å²) < 4.78 is 4.02. The molecule has 2 N–H and O–H groups in total. The lowest BCUT2D eigenvalue weighted by molar-refractivity contribution is 0.0503. The number of aliphatic hydroxyl groups excluding tert-OH is 1. The van der Waals surface area contributed by atoms with Gasteiger partial charge in [-0.25, -0.2) is 4.79 Å². The first-order valence-electron chi connectivity index (χ1n) is 8.63. The van der Waals surface area contributed by atoms with Crippen LogP contribution in [0.2, 0.25) is 0 Å². The Hall–Kier alpha value is -1.57. The number of hydrogen-bond acceptors (Lipinski definition) is 2. The van der Waals surface area contributed by atoms with Crippen molar-refractivity contribution in [1.29, 1.82) is 0 Å². The van der Waals surface area contributed by atoms with E-state index in [2.05, 4.69) is 48.6 Å². The fourth-order valence-corrected chi connectivity index (χ4v) is 4.09. The molecule has 0 aliphatic rings. The molecule has 0 saturated carbocycles. The quantitative estimate of drug-likeness (QED) is 0.503. The first-order valence-corrected chi connectivity index (χ1v) is 10.2. The third kappa shape index (κ3) is 4.15. The minimum atomic E-state index is -1.03. The molecule has 27 heavy (non-hydrogen) atoms. The average molecular weight is 498 g/mol. The lowest BCUT2D eigenvalue weighted by Gasteiger charge is -2.34. The molecule has 5 nitrogen and oxygen atoms in total. The van der Waals surface area contributed by atoms with E-state index in [9.17, 15) is 15.0 Å². The lowest BCUT2D eigenvalue weighted by Crippen LogP contribution is -2.49. The highest BCUT2D eigenvalue weighted by atomic mass is 79.9. The molecular formula is C20H22Br2N2O3. The third-order valence-corrected chi connectivity index (χ3v) is 5.60. The summed E-state index contributed by atoms with van der Waals surface area (Å²) >= 11 is 7.05. The summed E-state index contributed by atoms with van der Waals surface area (Å²) in [5.74, 6) is 0. The molecule has 1 aromatic heterocycles. The number of hydrogen-bond donors (Lipinski definition) is 2. The number of carboxylic acid groups (broad SMARTS) is 1. The third-order valence-electron chi connectivity index (χ3n) is 4.62. The highest BCUT2D eigenvalue weighted by Gasteiger charge is 2.28. The van der Waals surface area contributed by atoms with Gasteiger partial charge in [0.15, 0.2) is 0 Å². The smallest absolute Gasteiger partial charge is 0.407 e. The Morgan fingerprint density at radius 3 is 1.96 bits per heavy atom. The number of benzene rings is 2. The summed E-state index contributed by atoms with van der Waals surface area (Å²) in [7, 11) is 0. The molecule has 1 atom stereocenters. The second-order valence-corrected chi connectivity index (χ2v) is 9.48. The average Bonchev–Trinajstić information content (AvgIpc) is 2.84. The Morgan fingerprint density at radius 2 is 1.56 bits per heavy atom. The maximum absolute atomic E-state index is 11.6. The summed E-state index contributed by atoms with van der Waals surface area (Å²) in [5.41, 5.74) is 1.43. The van der Waals surface area contributed by atoms with Gasteiger partial charge in [0.05, 0.1) is 19.2 Å². The molecule has 3 aromatic rings. The van der Waals surface area contributed by atoms with Gasteiger partial charge < -0.3 is 19.7 Å². The predicted molar refractivity (Wildman–Crippen MR) is 115 cm³/mol. The molecule has 1 amide bonds. The zero-order valence-electron chi connectivity index (χ0n) is 15.4. The summed E-state index contributed by atoms with van der Waals surface area (Å²) in [4.78, 5) is 12.9. The number of rotatable bonds is 4. The zero-order valence-corrected chi connectivity index (χ0v) is 18.6. The first kappa shape index (κ1) is 20.2. The fourth-order valence-electron chi connectivity index (χ4n) is 3.36. The van der Waals surface area contributed by atoms with E-state index in [4.69, 9.17) is 0 Å². The van der Waals surface area contributed by atoms with E-state index in [0.29, 0.717) is 6.54 Å². The Morgan fingerprint density at radius 1 is 1.07 bits per heavy atom. The van der Waals surface area contributed by atoms with Crippen molar-refractivity contribution in [3.05, 3.63) is 45.3 Å². The minimum Gasteiger partial charge on any atom is -0.465 e. The SMILES string of the molecule is CC(C)(C)N(CC(O)Cn1c2ccc(Br)cc2c2cc(Br)ccc21)C(=O)O. The fraction of sp³-hybridized carbons (Fsp3) is 0.350. The molecular weight excluding hydrogens is 476 g/mol. The Labute approximate surface area is 174 Å². The Kier molecular flexibility index (Phi) is 5.57. The molecule has 0 radical (unpaired) electrons. The van der Waals surface area contributed by atoms with E-state index in [1.165, 1.54) is 4.90 Å². The standard InChI is InChI=1S/C20H22Br2N2O3/c1-20(2,3)24(19(26)27)11-14(25)10-23-17-6-4-12(21)8-15(17)16-9-13(22)5-7-18(16)23/h4-9,14,25H,10-11H2,1-3H3,(H,26,27). The van der Waals surface area contributed by atoms with Gasteiger partial charge in [0, 0.05) is 36.3 Å². The van der Waals surface area contributed by atoms with Crippen LogP contribution in [-0.4, -0.2) is 44.0 Å². The molecule has 0 saturated heterocycles. The van der Waals surface area contributed by atoms with Gasteiger partial charge in [-0.1, -0.05) is 31.9 Å². The molecule has 0 fully saturated rings. The number of β-amino-alcohol motifs (C(OH)–C–C–N with tert-alkyl or cyclic N) is 1. The van der Waals surface area contributed by atoms with Gasteiger partial charge in [0.1, 0.15) is 0 Å². The second-order valence-electron chi connectivity index (χ2n) is 7.65. The van der Waals surface area contributed by atoms with Crippen molar-refractivity contribution < 1.29 is 15.0 Å². The topological polar surface area (TPSA) is 65.7 Å². The number of fused-ring (bicyclic) bond motifs is 3. The number of amides is 1. The van der Waals surface area contributed by atoms with Gasteiger partial charge in [0.25, 0.3) is 0 Å². The van der Waals surface area contributed by atoms with Crippen molar-refractivity contribution in [2.75, 3.05) is 6.54 Å². The van der Waals surface area contributed by atoms with Crippen molar-refractivity contribution in [3.8, 4) is 0 Å². The highest BCUT2D eigenvalue weighted by molar-refractivity contribution is 9.10. The molecule has 2 aromatic carbocycles. The van der Waals surface area contributed by atoms with Gasteiger partial charge in [-0.2, -0.15) is 0 Å². The van der Waals surface area contributed by atoms with E-state index in [-0.39, 0.29) is 6.54 Å². The zero-order chi connectivity index (χ0) is 19.9. The molecule has 0 bridgehead atoms. The van der Waals surface area contributed by atoms with Gasteiger partial charge in [0.2, 0.25) is 0 Å². The maximum Gasteiger partial charge on any atom is 0.407 e. The van der Waals surface area contributed by atoms with Gasteiger partial charge in [-0.05, 0) is 57.2 Å². The van der Waals surface area contributed by atoms with E-state index in [0.717, 1.165) is 30.8 Å². The minimum absolute atomic E-state index is 0.0487. The molecule has 3 rings (SSSR count). The summed E-state index contributed by atoms with van der Waals surface area (Å²) in [6.45, 7) is 5.83. The molecule has 144 valence electrons. The van der Waals surface area contributed by atoms with Gasteiger partial charge in [-0.15, -0.1) is 0 Å². The second kappa shape index (κ2) is 7.45. The van der Waals surface area contributed by atoms with Crippen LogP contribution < -0.4 is 0 Å². The molecule has 0 aliphatic heterocycles. The molecule has 1 heterocycles. The van der Waals surface area contributed by atoms with Gasteiger partial charge in [-0.3, -0.25) is 0 Å². The van der Waals surface area contributed by atoms with Crippen LogP contribution in [0.3, 0.4) is 0 Å². The largest absolute Gasteiger partial charge is 0.465 e. The van der Waals surface area contributed by atoms with E-state index in [1.54, 1.807) is 0 Å². The number of nitrogens with zero attached hydrogens (tertiary/aromatic N) is 2. The van der Waals surface area contributed by atoms with E-state index < -0.39 is 17.7 Å². The van der Waals surface area contributed by atoms with E-state index >= 15 is 0 Å². The normalized spacial score (nSPS) is 13.3. The summed E-state index contributed by atoms with van der Waals surface area (Å²) in [6, 6.07) is 12.1. The Bertz CT molecular complexity index is 949. The number of carbonyl (C=O) groups is 1. The monoisotopic (exact) mass is 496 g/mol. The van der Waals surface area contributed by atoms with Crippen LogP contribution in [0.25, 0.3) is 21.8 Å². The van der Waals surface area contributed by atoms with Crippen LogP contribution in [0.1, 0.15) is 20.8 Å². The van der Waals surface area contributed by atoms with Crippen molar-refractivity contribution >= 4 is 59.8 Å². The number of aromatic nitrogens is 1. The molecule has 0 spiro atoms. The summed E-state index contributed by atoms with van der Waals surface area (Å²) in [6.07, 6.45) is -1.86. The van der Waals surface area contributed by atoms with Crippen molar-refractivity contribution in [2.24, 2.45) is 0 Å². The van der Waals surface area contributed by atoms with Gasteiger partial charge >= 0.3 is 6.09 Å². The molecule has 7 heteroatoms. The first-order chi connectivity index (χ1) is 12.6. The van der Waals surface area contributed by atoms with Crippen molar-refractivity contribution in [3.63, 3.8) is 0 Å². The van der Waals surface area contributed by atoms with Crippen molar-refractivity contribution in [1.82, 2.24) is 9.47 Å². The molecule has 0 aliphatic carbocycles. The highest BCUT2D eigenvalue weighted by Crippen LogP contribution is 2.33. The maximum atomic E-state index is 11.6. The van der Waals surface area contributed by atoms with Crippen LogP contribution in [0, 0.1) is 0 Å². The lowest BCUT2D eigenvalue weighted by atomic mass is 10.1. The number of aliphatic hydroxyl groups is 1. The van der Waals surface area contributed by atoms with Crippen LogP contribution >= 0.6 is 31.9 Å². The molecule has 1 unspecified atom stereocenters. The van der Waals surface area contributed by atoms with Crippen LogP contribution in [0.15, 0.2) is 45.3 Å². The Balaban J connectivity index is 2.02. The summed E-state index contributed by atoms with van der Waals surface area (Å²) in [5, 5.41) is 22.3. The van der Waals surface area contributed by atoms with E-state index in [1.807, 2.05) is 45.0 Å². The van der Waals surface area contributed by atoms with Crippen LogP contribution in [0.5, 0.6) is 0 Å². The predicted octanol–water partition coefficient (Wildman–Crippen LogP) is 5.46. The van der Waals surface area contributed by atoms with Crippen LogP contribution in [-0.2, 0) is 6.54 Å². The number of halogens is 2.